The Morgan fingerprint density at radius 1 is 1.20 bits per heavy atom. The highest BCUT2D eigenvalue weighted by Crippen LogP contribution is 2.40. The Labute approximate surface area is 123 Å². The van der Waals surface area contributed by atoms with Crippen molar-refractivity contribution in [1.29, 1.82) is 0 Å². The Hall–Kier alpha value is -1.02. The molecule has 0 saturated carbocycles. The predicted molar refractivity (Wildman–Crippen MR) is 85.5 cm³/mol. The lowest BCUT2D eigenvalue weighted by atomic mass is 9.93. The average molecular weight is 275 g/mol. The molecule has 112 valence electrons. The first-order chi connectivity index (χ1) is 9.71. The van der Waals surface area contributed by atoms with Crippen LogP contribution < -0.4 is 10.1 Å². The van der Waals surface area contributed by atoms with E-state index in [1.165, 1.54) is 24.0 Å². The van der Waals surface area contributed by atoms with E-state index in [1.54, 1.807) is 0 Å². The van der Waals surface area contributed by atoms with E-state index in [2.05, 4.69) is 51.2 Å². The first-order valence-electron chi connectivity index (χ1n) is 8.25. The molecule has 0 radical (unpaired) electrons. The molecule has 1 N–H and O–H groups in total. The second-order valence-electron chi connectivity index (χ2n) is 5.98. The van der Waals surface area contributed by atoms with Crippen molar-refractivity contribution in [3.8, 4) is 5.75 Å². The van der Waals surface area contributed by atoms with Crippen LogP contribution in [0.25, 0.3) is 0 Å². The number of ether oxygens (including phenoxy) is 1. The minimum absolute atomic E-state index is 0.300. The first-order valence-corrected chi connectivity index (χ1v) is 8.25. The number of nitrogens with one attached hydrogen (secondary N) is 1. The van der Waals surface area contributed by atoms with E-state index in [0.29, 0.717) is 18.1 Å². The quantitative estimate of drug-likeness (QED) is 0.771. The van der Waals surface area contributed by atoms with Gasteiger partial charge in [-0.2, -0.15) is 0 Å². The van der Waals surface area contributed by atoms with Gasteiger partial charge in [-0.25, -0.2) is 0 Å². The standard InChI is InChI=1S/C18H29NO/c1-5-8-17-18(19-11-6-2)15-12-14(13(4)7-3)9-10-16(15)20-17/h9-10,12-13,17-19H,5-8,11H2,1-4H3. The summed E-state index contributed by atoms with van der Waals surface area (Å²) in [5.41, 5.74) is 2.81. The van der Waals surface area contributed by atoms with Crippen molar-refractivity contribution in [2.45, 2.75) is 71.4 Å². The molecule has 1 aliphatic heterocycles. The van der Waals surface area contributed by atoms with Crippen LogP contribution in [0.4, 0.5) is 0 Å². The molecule has 1 heterocycles. The zero-order valence-corrected chi connectivity index (χ0v) is 13.4. The number of benzene rings is 1. The van der Waals surface area contributed by atoms with E-state index in [0.717, 1.165) is 25.1 Å². The van der Waals surface area contributed by atoms with E-state index in [1.807, 2.05) is 0 Å². The van der Waals surface area contributed by atoms with Crippen LogP contribution in [0.15, 0.2) is 18.2 Å². The van der Waals surface area contributed by atoms with E-state index >= 15 is 0 Å². The number of hydrogen-bond acceptors (Lipinski definition) is 2. The largest absolute Gasteiger partial charge is 0.488 e. The van der Waals surface area contributed by atoms with Crippen LogP contribution in [0, 0.1) is 0 Å². The molecule has 2 heteroatoms. The molecule has 1 aromatic carbocycles. The fraction of sp³-hybridized carbons (Fsp3) is 0.667. The number of hydrogen-bond donors (Lipinski definition) is 1. The van der Waals surface area contributed by atoms with Gasteiger partial charge in [0.2, 0.25) is 0 Å². The van der Waals surface area contributed by atoms with Crippen LogP contribution in [-0.4, -0.2) is 12.6 Å². The summed E-state index contributed by atoms with van der Waals surface area (Å²) < 4.78 is 6.16. The summed E-state index contributed by atoms with van der Waals surface area (Å²) in [5, 5.41) is 3.68. The zero-order valence-electron chi connectivity index (χ0n) is 13.4. The molecule has 20 heavy (non-hydrogen) atoms. The van der Waals surface area contributed by atoms with Crippen molar-refractivity contribution in [2.24, 2.45) is 0 Å². The summed E-state index contributed by atoms with van der Waals surface area (Å²) >= 11 is 0. The SMILES string of the molecule is CCCNC1c2cc(C(C)CC)ccc2OC1CCC. The van der Waals surface area contributed by atoms with Gasteiger partial charge in [0.05, 0.1) is 6.04 Å². The third-order valence-corrected chi connectivity index (χ3v) is 4.39. The molecule has 1 aliphatic rings. The summed E-state index contributed by atoms with van der Waals surface area (Å²) in [4.78, 5) is 0. The van der Waals surface area contributed by atoms with Gasteiger partial charge in [-0.05, 0) is 43.4 Å². The topological polar surface area (TPSA) is 21.3 Å². The monoisotopic (exact) mass is 275 g/mol. The van der Waals surface area contributed by atoms with Gasteiger partial charge >= 0.3 is 0 Å². The molecule has 0 bridgehead atoms. The molecule has 0 aromatic heterocycles. The van der Waals surface area contributed by atoms with Crippen LogP contribution >= 0.6 is 0 Å². The summed E-state index contributed by atoms with van der Waals surface area (Å²) in [7, 11) is 0. The third-order valence-electron chi connectivity index (χ3n) is 4.39. The highest BCUT2D eigenvalue weighted by atomic mass is 16.5. The molecule has 3 unspecified atom stereocenters. The molecular weight excluding hydrogens is 246 g/mol. The van der Waals surface area contributed by atoms with Gasteiger partial charge in [-0.3, -0.25) is 0 Å². The maximum atomic E-state index is 6.16. The molecule has 0 fully saturated rings. The Balaban J connectivity index is 2.25. The van der Waals surface area contributed by atoms with E-state index < -0.39 is 0 Å². The van der Waals surface area contributed by atoms with Crippen LogP contribution in [0.3, 0.4) is 0 Å². The van der Waals surface area contributed by atoms with E-state index in [-0.39, 0.29) is 0 Å². The van der Waals surface area contributed by atoms with Gasteiger partial charge in [0.25, 0.3) is 0 Å². The van der Waals surface area contributed by atoms with Gasteiger partial charge < -0.3 is 10.1 Å². The Kier molecular flexibility index (Phi) is 5.47. The van der Waals surface area contributed by atoms with Gasteiger partial charge in [0.15, 0.2) is 0 Å². The van der Waals surface area contributed by atoms with Crippen molar-refractivity contribution >= 4 is 0 Å². The van der Waals surface area contributed by atoms with Crippen molar-refractivity contribution in [2.75, 3.05) is 6.54 Å². The van der Waals surface area contributed by atoms with E-state index in [4.69, 9.17) is 4.74 Å². The first kappa shape index (κ1) is 15.4. The maximum Gasteiger partial charge on any atom is 0.124 e. The molecule has 0 saturated heterocycles. The lowest BCUT2D eigenvalue weighted by molar-refractivity contribution is 0.178. The molecule has 3 atom stereocenters. The lowest BCUT2D eigenvalue weighted by Gasteiger charge is -2.20. The molecule has 0 aliphatic carbocycles. The number of fused-ring (bicyclic) bond motifs is 1. The molecule has 0 amide bonds. The third kappa shape index (κ3) is 3.17. The van der Waals surface area contributed by atoms with Crippen molar-refractivity contribution in [3.05, 3.63) is 29.3 Å². The fourth-order valence-corrected chi connectivity index (χ4v) is 2.94. The maximum absolute atomic E-state index is 6.16. The number of rotatable bonds is 7. The van der Waals surface area contributed by atoms with Crippen molar-refractivity contribution in [3.63, 3.8) is 0 Å². The van der Waals surface area contributed by atoms with Crippen LogP contribution in [0.5, 0.6) is 5.75 Å². The molecule has 2 nitrogen and oxygen atoms in total. The highest BCUT2D eigenvalue weighted by molar-refractivity contribution is 5.44. The van der Waals surface area contributed by atoms with Gasteiger partial charge in [-0.1, -0.05) is 46.2 Å². The molecule has 1 aromatic rings. The Morgan fingerprint density at radius 2 is 2.00 bits per heavy atom. The predicted octanol–water partition coefficient (Wildman–Crippen LogP) is 4.80. The molecular formula is C18H29NO. The smallest absolute Gasteiger partial charge is 0.124 e. The minimum Gasteiger partial charge on any atom is -0.488 e. The summed E-state index contributed by atoms with van der Waals surface area (Å²) in [6, 6.07) is 7.14. The second-order valence-corrected chi connectivity index (χ2v) is 5.98. The fourth-order valence-electron chi connectivity index (χ4n) is 2.94. The lowest BCUT2D eigenvalue weighted by Crippen LogP contribution is -2.31. The Morgan fingerprint density at radius 3 is 2.65 bits per heavy atom. The van der Waals surface area contributed by atoms with Crippen molar-refractivity contribution < 1.29 is 4.74 Å². The van der Waals surface area contributed by atoms with E-state index in [9.17, 15) is 0 Å². The Bertz CT molecular complexity index is 429. The second kappa shape index (κ2) is 7.12. The average Bonchev–Trinajstić information content (AvgIpc) is 2.81. The van der Waals surface area contributed by atoms with Gasteiger partial charge in [0.1, 0.15) is 11.9 Å². The molecule has 0 spiro atoms. The minimum atomic E-state index is 0.300. The zero-order chi connectivity index (χ0) is 14.5. The van der Waals surface area contributed by atoms with Crippen LogP contribution in [0.1, 0.15) is 76.5 Å². The van der Waals surface area contributed by atoms with Crippen molar-refractivity contribution in [1.82, 2.24) is 5.32 Å². The van der Waals surface area contributed by atoms with Crippen LogP contribution in [0.2, 0.25) is 0 Å². The highest BCUT2D eigenvalue weighted by Gasteiger charge is 2.33. The summed E-state index contributed by atoms with van der Waals surface area (Å²) in [5.74, 6) is 1.71. The summed E-state index contributed by atoms with van der Waals surface area (Å²) in [6.07, 6.45) is 4.94. The van der Waals surface area contributed by atoms with Crippen LogP contribution in [-0.2, 0) is 0 Å². The molecule has 2 rings (SSSR count). The normalized spacial score (nSPS) is 22.4. The summed E-state index contributed by atoms with van der Waals surface area (Å²) in [6.45, 7) is 10.1. The van der Waals surface area contributed by atoms with Gasteiger partial charge in [0, 0.05) is 5.56 Å². The van der Waals surface area contributed by atoms with Gasteiger partial charge in [-0.15, -0.1) is 0 Å².